The molecule has 92 valence electrons. The summed E-state index contributed by atoms with van der Waals surface area (Å²) < 4.78 is 0. The van der Waals surface area contributed by atoms with Crippen molar-refractivity contribution in [2.75, 3.05) is 0 Å². The summed E-state index contributed by atoms with van der Waals surface area (Å²) in [7, 11) is 0. The average molecular weight is 228 g/mol. The van der Waals surface area contributed by atoms with E-state index in [4.69, 9.17) is 6.42 Å². The Morgan fingerprint density at radius 1 is 1.12 bits per heavy atom. The fourth-order valence-corrected chi connectivity index (χ4v) is 2.49. The van der Waals surface area contributed by atoms with Crippen LogP contribution in [0.25, 0.3) is 0 Å². The molecule has 1 rings (SSSR count). The Morgan fingerprint density at radius 3 is 2.06 bits per heavy atom. The molecule has 0 aliphatic rings. The Balaban J connectivity index is 3.23. The molecule has 17 heavy (non-hydrogen) atoms. The van der Waals surface area contributed by atoms with Crippen LogP contribution in [0.5, 0.6) is 0 Å². The van der Waals surface area contributed by atoms with Gasteiger partial charge in [-0.15, -0.1) is 6.42 Å². The summed E-state index contributed by atoms with van der Waals surface area (Å²) in [4.78, 5) is 0. The van der Waals surface area contributed by atoms with Crippen LogP contribution in [0.2, 0.25) is 0 Å². The third-order valence-corrected chi connectivity index (χ3v) is 3.82. The second kappa shape index (κ2) is 5.92. The Bertz CT molecular complexity index is 406. The van der Waals surface area contributed by atoms with Crippen molar-refractivity contribution >= 4 is 0 Å². The monoisotopic (exact) mass is 228 g/mol. The molecular weight excluding hydrogens is 204 g/mol. The van der Waals surface area contributed by atoms with Gasteiger partial charge in [-0.2, -0.15) is 0 Å². The van der Waals surface area contributed by atoms with Crippen molar-refractivity contribution in [2.24, 2.45) is 0 Å². The number of hydrogen-bond acceptors (Lipinski definition) is 0. The summed E-state index contributed by atoms with van der Waals surface area (Å²) in [5, 5.41) is 0. The molecule has 0 amide bonds. The van der Waals surface area contributed by atoms with Crippen LogP contribution in [0.3, 0.4) is 0 Å². The van der Waals surface area contributed by atoms with E-state index in [-0.39, 0.29) is 5.92 Å². The Morgan fingerprint density at radius 2 is 1.65 bits per heavy atom. The second-order valence-corrected chi connectivity index (χ2v) is 5.04. The molecule has 0 spiro atoms. The molecule has 0 aliphatic heterocycles. The first-order chi connectivity index (χ1) is 8.02. The molecule has 0 saturated carbocycles. The van der Waals surface area contributed by atoms with Crippen molar-refractivity contribution in [2.45, 2.75) is 59.8 Å². The molecule has 1 aromatic rings. The number of rotatable bonds is 4. The number of aryl methyl sites for hydroxylation is 2. The number of hydrogen-bond donors (Lipinski definition) is 0. The van der Waals surface area contributed by atoms with E-state index < -0.39 is 0 Å². The van der Waals surface area contributed by atoms with Gasteiger partial charge in [-0.1, -0.05) is 31.8 Å². The molecular formula is C17H24. The maximum absolute atomic E-state index is 5.73. The van der Waals surface area contributed by atoms with E-state index in [9.17, 15) is 0 Å². The predicted molar refractivity (Wildman–Crippen MR) is 76.5 cm³/mol. The van der Waals surface area contributed by atoms with Gasteiger partial charge in [-0.05, 0) is 61.9 Å². The van der Waals surface area contributed by atoms with Crippen LogP contribution in [0.15, 0.2) is 6.07 Å². The lowest BCUT2D eigenvalue weighted by atomic mass is 9.84. The van der Waals surface area contributed by atoms with Crippen molar-refractivity contribution in [1.82, 2.24) is 0 Å². The normalized spacial score (nSPS) is 12.2. The van der Waals surface area contributed by atoms with Crippen molar-refractivity contribution in [1.29, 1.82) is 0 Å². The highest BCUT2D eigenvalue weighted by atomic mass is 14.2. The van der Waals surface area contributed by atoms with Gasteiger partial charge in [-0.25, -0.2) is 0 Å². The van der Waals surface area contributed by atoms with E-state index in [0.29, 0.717) is 0 Å². The molecule has 0 fully saturated rings. The van der Waals surface area contributed by atoms with Gasteiger partial charge in [0.2, 0.25) is 0 Å². The smallest absolute Gasteiger partial charge is 0.0455 e. The standard InChI is InChI=1S/C17H24/c1-7-9-10-16(8-2)17-14(5)12(3)11-13(4)15(17)6/h2,11,16H,7,9-10H2,1,3-6H3. The Hall–Kier alpha value is -1.22. The molecule has 0 bridgehead atoms. The summed E-state index contributed by atoms with van der Waals surface area (Å²) in [5.74, 6) is 3.27. The first kappa shape index (κ1) is 13.8. The van der Waals surface area contributed by atoms with Crippen LogP contribution in [-0.4, -0.2) is 0 Å². The molecule has 0 aromatic heterocycles. The topological polar surface area (TPSA) is 0 Å². The predicted octanol–water partition coefficient (Wildman–Crippen LogP) is 4.83. The van der Waals surface area contributed by atoms with Crippen molar-refractivity contribution in [3.63, 3.8) is 0 Å². The lowest BCUT2D eigenvalue weighted by Crippen LogP contribution is -2.05. The first-order valence-electron chi connectivity index (χ1n) is 6.56. The molecule has 0 radical (unpaired) electrons. The maximum atomic E-state index is 5.73. The van der Waals surface area contributed by atoms with Gasteiger partial charge >= 0.3 is 0 Å². The minimum atomic E-state index is 0.286. The highest BCUT2D eigenvalue weighted by Gasteiger charge is 2.16. The molecule has 0 nitrogen and oxygen atoms in total. The number of unbranched alkanes of at least 4 members (excludes halogenated alkanes) is 1. The fourth-order valence-electron chi connectivity index (χ4n) is 2.49. The van der Waals surface area contributed by atoms with Gasteiger partial charge in [0.1, 0.15) is 0 Å². The number of terminal acetylenes is 1. The Labute approximate surface area is 106 Å². The summed E-state index contributed by atoms with van der Waals surface area (Å²) in [5.41, 5.74) is 6.89. The van der Waals surface area contributed by atoms with E-state index in [1.54, 1.807) is 0 Å². The summed E-state index contributed by atoms with van der Waals surface area (Å²) in [6.45, 7) is 11.0. The highest BCUT2D eigenvalue weighted by Crippen LogP contribution is 2.31. The lowest BCUT2D eigenvalue weighted by molar-refractivity contribution is 0.670. The zero-order valence-electron chi connectivity index (χ0n) is 11.9. The third-order valence-electron chi connectivity index (χ3n) is 3.82. The second-order valence-electron chi connectivity index (χ2n) is 5.04. The van der Waals surface area contributed by atoms with Gasteiger partial charge in [0.15, 0.2) is 0 Å². The van der Waals surface area contributed by atoms with Crippen molar-refractivity contribution < 1.29 is 0 Å². The van der Waals surface area contributed by atoms with E-state index in [1.807, 2.05) is 0 Å². The lowest BCUT2D eigenvalue weighted by Gasteiger charge is -2.20. The minimum absolute atomic E-state index is 0.286. The molecule has 0 N–H and O–H groups in total. The van der Waals surface area contributed by atoms with E-state index in [0.717, 1.165) is 6.42 Å². The van der Waals surface area contributed by atoms with Crippen LogP contribution < -0.4 is 0 Å². The quantitative estimate of drug-likeness (QED) is 0.648. The fraction of sp³-hybridized carbons (Fsp3) is 0.529. The summed E-state index contributed by atoms with van der Waals surface area (Å²) in [6.07, 6.45) is 9.26. The third kappa shape index (κ3) is 2.91. The first-order valence-corrected chi connectivity index (χ1v) is 6.56. The zero-order valence-corrected chi connectivity index (χ0v) is 11.9. The molecule has 0 heteroatoms. The molecule has 1 atom stereocenters. The van der Waals surface area contributed by atoms with Crippen LogP contribution >= 0.6 is 0 Å². The summed E-state index contributed by atoms with van der Waals surface area (Å²) in [6, 6.07) is 2.27. The SMILES string of the molecule is C#CC(CCCC)c1c(C)c(C)cc(C)c1C. The van der Waals surface area contributed by atoms with Gasteiger partial charge in [0.05, 0.1) is 0 Å². The molecule has 0 aliphatic carbocycles. The van der Waals surface area contributed by atoms with Crippen LogP contribution in [-0.2, 0) is 0 Å². The Kier molecular flexibility index (Phi) is 4.82. The van der Waals surface area contributed by atoms with E-state index in [1.165, 1.54) is 40.7 Å². The van der Waals surface area contributed by atoms with Crippen molar-refractivity contribution in [3.05, 3.63) is 33.9 Å². The van der Waals surface area contributed by atoms with Crippen LogP contribution in [0.1, 0.15) is 59.9 Å². The molecule has 1 unspecified atom stereocenters. The minimum Gasteiger partial charge on any atom is -0.119 e. The highest BCUT2D eigenvalue weighted by molar-refractivity contribution is 5.48. The maximum Gasteiger partial charge on any atom is 0.0455 e. The van der Waals surface area contributed by atoms with Crippen molar-refractivity contribution in [3.8, 4) is 12.3 Å². The van der Waals surface area contributed by atoms with E-state index in [2.05, 4.69) is 46.6 Å². The van der Waals surface area contributed by atoms with E-state index >= 15 is 0 Å². The van der Waals surface area contributed by atoms with Gasteiger partial charge in [0.25, 0.3) is 0 Å². The average Bonchev–Trinajstić information content (AvgIpc) is 2.31. The van der Waals surface area contributed by atoms with Gasteiger partial charge in [0, 0.05) is 5.92 Å². The molecule has 1 aromatic carbocycles. The van der Waals surface area contributed by atoms with Crippen LogP contribution in [0.4, 0.5) is 0 Å². The summed E-state index contributed by atoms with van der Waals surface area (Å²) >= 11 is 0. The molecule has 0 saturated heterocycles. The largest absolute Gasteiger partial charge is 0.119 e. The number of benzene rings is 1. The zero-order chi connectivity index (χ0) is 13.0. The van der Waals surface area contributed by atoms with Crippen LogP contribution in [0, 0.1) is 40.0 Å². The van der Waals surface area contributed by atoms with Gasteiger partial charge < -0.3 is 0 Å². The molecule has 0 heterocycles. The van der Waals surface area contributed by atoms with Gasteiger partial charge in [-0.3, -0.25) is 0 Å².